The normalized spacial score (nSPS) is 15.5. The standard InChI is InChI=1S/C14H8F2N2O/c15-8-2-1-3-10(6-8)17-13-11-7-9(16)4-5-12(11)18-14(13)19/h1-7H,(H,17,18,19). The number of carbonyl (C=O) groups excluding carboxylic acids is 1. The molecule has 1 amide bonds. The summed E-state index contributed by atoms with van der Waals surface area (Å²) in [4.78, 5) is 15.9. The van der Waals surface area contributed by atoms with E-state index in [1.54, 1.807) is 6.07 Å². The number of carbonyl (C=O) groups is 1. The van der Waals surface area contributed by atoms with Crippen molar-refractivity contribution in [3.63, 3.8) is 0 Å². The van der Waals surface area contributed by atoms with Gasteiger partial charge in [0, 0.05) is 5.56 Å². The van der Waals surface area contributed by atoms with Gasteiger partial charge in [-0.25, -0.2) is 13.8 Å². The average Bonchev–Trinajstić information content (AvgIpc) is 2.66. The summed E-state index contributed by atoms with van der Waals surface area (Å²) in [6, 6.07) is 9.50. The van der Waals surface area contributed by atoms with Crippen molar-refractivity contribution >= 4 is 23.0 Å². The molecule has 0 aromatic heterocycles. The van der Waals surface area contributed by atoms with Gasteiger partial charge in [0.1, 0.15) is 17.3 Å². The molecule has 2 aromatic rings. The highest BCUT2D eigenvalue weighted by atomic mass is 19.1. The number of halogens is 2. The molecule has 0 saturated carbocycles. The molecular weight excluding hydrogens is 250 g/mol. The molecule has 0 bridgehead atoms. The average molecular weight is 258 g/mol. The first-order valence-corrected chi connectivity index (χ1v) is 5.59. The number of nitrogens with zero attached hydrogens (tertiary/aromatic N) is 1. The number of nitrogens with one attached hydrogen (secondary N) is 1. The molecule has 0 spiro atoms. The van der Waals surface area contributed by atoms with Crippen LogP contribution in [-0.2, 0) is 4.79 Å². The molecule has 94 valence electrons. The van der Waals surface area contributed by atoms with Crippen LogP contribution in [0.3, 0.4) is 0 Å². The first-order valence-electron chi connectivity index (χ1n) is 5.59. The summed E-state index contributed by atoms with van der Waals surface area (Å²) >= 11 is 0. The number of rotatable bonds is 1. The van der Waals surface area contributed by atoms with Crippen LogP contribution in [0.2, 0.25) is 0 Å². The monoisotopic (exact) mass is 258 g/mol. The quantitative estimate of drug-likeness (QED) is 0.839. The molecule has 0 unspecified atom stereocenters. The molecule has 0 aliphatic carbocycles. The van der Waals surface area contributed by atoms with Crippen molar-refractivity contribution < 1.29 is 13.6 Å². The molecule has 1 aliphatic heterocycles. The van der Waals surface area contributed by atoms with Crippen molar-refractivity contribution in [2.75, 3.05) is 5.32 Å². The molecule has 5 heteroatoms. The highest BCUT2D eigenvalue weighted by molar-refractivity contribution is 6.54. The molecule has 0 fully saturated rings. The Hall–Kier alpha value is -2.56. The minimum Gasteiger partial charge on any atom is -0.320 e. The molecule has 0 saturated heterocycles. The summed E-state index contributed by atoms with van der Waals surface area (Å²) in [6.07, 6.45) is 0. The van der Waals surface area contributed by atoms with E-state index in [-0.39, 0.29) is 5.71 Å². The third-order valence-electron chi connectivity index (χ3n) is 2.75. The van der Waals surface area contributed by atoms with E-state index < -0.39 is 17.5 Å². The van der Waals surface area contributed by atoms with Crippen LogP contribution < -0.4 is 5.32 Å². The van der Waals surface area contributed by atoms with E-state index in [0.29, 0.717) is 16.9 Å². The Labute approximate surface area is 107 Å². The Morgan fingerprint density at radius 1 is 1.00 bits per heavy atom. The molecule has 2 aromatic carbocycles. The lowest BCUT2D eigenvalue weighted by Crippen LogP contribution is -2.13. The Kier molecular flexibility index (Phi) is 2.59. The van der Waals surface area contributed by atoms with E-state index >= 15 is 0 Å². The molecule has 3 nitrogen and oxygen atoms in total. The molecule has 1 N–H and O–H groups in total. The number of hydrogen-bond acceptors (Lipinski definition) is 2. The lowest BCUT2D eigenvalue weighted by molar-refractivity contribution is -0.110. The van der Waals surface area contributed by atoms with Gasteiger partial charge in [0.05, 0.1) is 11.4 Å². The van der Waals surface area contributed by atoms with E-state index in [1.807, 2.05) is 0 Å². The van der Waals surface area contributed by atoms with Crippen LogP contribution in [0.25, 0.3) is 0 Å². The lowest BCUT2D eigenvalue weighted by Gasteiger charge is -1.98. The topological polar surface area (TPSA) is 41.5 Å². The summed E-state index contributed by atoms with van der Waals surface area (Å²) in [5, 5.41) is 2.58. The predicted molar refractivity (Wildman–Crippen MR) is 67.6 cm³/mol. The Bertz CT molecular complexity index is 710. The van der Waals surface area contributed by atoms with Gasteiger partial charge in [-0.05, 0) is 36.4 Å². The van der Waals surface area contributed by atoms with E-state index in [9.17, 15) is 13.6 Å². The molecular formula is C14H8F2N2O. The summed E-state index contributed by atoms with van der Waals surface area (Å²) in [5.41, 5.74) is 1.28. The van der Waals surface area contributed by atoms with Crippen molar-refractivity contribution in [1.29, 1.82) is 0 Å². The molecule has 3 rings (SSSR count). The van der Waals surface area contributed by atoms with Gasteiger partial charge in [-0.15, -0.1) is 0 Å². The molecule has 1 heterocycles. The zero-order valence-electron chi connectivity index (χ0n) is 9.65. The fourth-order valence-electron chi connectivity index (χ4n) is 1.91. The van der Waals surface area contributed by atoms with Crippen LogP contribution in [0.4, 0.5) is 20.2 Å². The van der Waals surface area contributed by atoms with Crippen molar-refractivity contribution in [2.45, 2.75) is 0 Å². The Morgan fingerprint density at radius 2 is 1.79 bits per heavy atom. The number of fused-ring (bicyclic) bond motifs is 1. The highest BCUT2D eigenvalue weighted by Gasteiger charge is 2.26. The SMILES string of the molecule is O=C1Nc2ccc(F)cc2C1=Nc1cccc(F)c1. The molecule has 0 atom stereocenters. The van der Waals surface area contributed by atoms with E-state index in [1.165, 1.54) is 36.4 Å². The van der Waals surface area contributed by atoms with Gasteiger partial charge in [-0.3, -0.25) is 4.79 Å². The Balaban J connectivity index is 2.11. The lowest BCUT2D eigenvalue weighted by atomic mass is 10.1. The fourth-order valence-corrected chi connectivity index (χ4v) is 1.91. The maximum Gasteiger partial charge on any atom is 0.275 e. The second-order valence-corrected chi connectivity index (χ2v) is 4.08. The molecule has 1 aliphatic rings. The maximum absolute atomic E-state index is 13.2. The predicted octanol–water partition coefficient (Wildman–Crippen LogP) is 3.04. The van der Waals surface area contributed by atoms with Gasteiger partial charge in [-0.1, -0.05) is 6.07 Å². The summed E-state index contributed by atoms with van der Waals surface area (Å²) in [5.74, 6) is -1.33. The number of hydrogen-bond donors (Lipinski definition) is 1. The van der Waals surface area contributed by atoms with Crippen LogP contribution in [0.15, 0.2) is 47.5 Å². The van der Waals surface area contributed by atoms with Gasteiger partial charge in [0.25, 0.3) is 5.91 Å². The van der Waals surface area contributed by atoms with Crippen molar-refractivity contribution in [3.05, 3.63) is 59.7 Å². The maximum atomic E-state index is 13.2. The minimum absolute atomic E-state index is 0.0834. The van der Waals surface area contributed by atoms with Gasteiger partial charge >= 0.3 is 0 Å². The number of aliphatic imine (C=N–C) groups is 1. The largest absolute Gasteiger partial charge is 0.320 e. The van der Waals surface area contributed by atoms with Crippen LogP contribution in [0.1, 0.15) is 5.56 Å². The Morgan fingerprint density at radius 3 is 2.58 bits per heavy atom. The van der Waals surface area contributed by atoms with Crippen molar-refractivity contribution in [2.24, 2.45) is 4.99 Å². The second kappa shape index (κ2) is 4.28. The van der Waals surface area contributed by atoms with Crippen LogP contribution in [0, 0.1) is 11.6 Å². The second-order valence-electron chi connectivity index (χ2n) is 4.08. The van der Waals surface area contributed by atoms with E-state index in [0.717, 1.165) is 0 Å². The number of anilines is 1. The molecule has 19 heavy (non-hydrogen) atoms. The first-order chi connectivity index (χ1) is 9.13. The fraction of sp³-hybridized carbons (Fsp3) is 0. The van der Waals surface area contributed by atoms with Crippen molar-refractivity contribution in [1.82, 2.24) is 0 Å². The van der Waals surface area contributed by atoms with Crippen LogP contribution in [0.5, 0.6) is 0 Å². The minimum atomic E-state index is -0.456. The van der Waals surface area contributed by atoms with Gasteiger partial charge in [-0.2, -0.15) is 0 Å². The van der Waals surface area contributed by atoms with Gasteiger partial charge in [0.2, 0.25) is 0 Å². The summed E-state index contributed by atoms with van der Waals surface area (Å²) in [6.45, 7) is 0. The third-order valence-corrected chi connectivity index (χ3v) is 2.75. The van der Waals surface area contributed by atoms with Gasteiger partial charge < -0.3 is 5.32 Å². The van der Waals surface area contributed by atoms with Crippen LogP contribution in [-0.4, -0.2) is 11.6 Å². The van der Waals surface area contributed by atoms with E-state index in [4.69, 9.17) is 0 Å². The smallest absolute Gasteiger partial charge is 0.275 e. The zero-order valence-corrected chi connectivity index (χ0v) is 9.65. The summed E-state index contributed by atoms with van der Waals surface area (Å²) in [7, 11) is 0. The van der Waals surface area contributed by atoms with Crippen LogP contribution >= 0.6 is 0 Å². The highest BCUT2D eigenvalue weighted by Crippen LogP contribution is 2.26. The number of benzene rings is 2. The zero-order chi connectivity index (χ0) is 13.4. The number of amides is 1. The molecule has 0 radical (unpaired) electrons. The van der Waals surface area contributed by atoms with Gasteiger partial charge in [0.15, 0.2) is 0 Å². The van der Waals surface area contributed by atoms with E-state index in [2.05, 4.69) is 10.3 Å². The van der Waals surface area contributed by atoms with Crippen molar-refractivity contribution in [3.8, 4) is 0 Å². The summed E-state index contributed by atoms with van der Waals surface area (Å²) < 4.78 is 26.3. The third kappa shape index (κ3) is 2.10. The first kappa shape index (κ1) is 11.5.